The van der Waals surface area contributed by atoms with Crippen molar-refractivity contribution in [3.05, 3.63) is 35.6 Å². The first-order chi connectivity index (χ1) is 9.70. The van der Waals surface area contributed by atoms with Crippen LogP contribution >= 0.6 is 0 Å². The monoisotopic (exact) mass is 279 g/mol. The van der Waals surface area contributed by atoms with Gasteiger partial charge in [0.05, 0.1) is 6.61 Å². The Morgan fingerprint density at radius 3 is 2.95 bits per heavy atom. The molecule has 1 atom stereocenters. The summed E-state index contributed by atoms with van der Waals surface area (Å²) in [5, 5.41) is 3.20. The molecule has 4 nitrogen and oxygen atoms in total. The second-order valence-electron chi connectivity index (χ2n) is 5.10. The first-order valence-electron chi connectivity index (χ1n) is 6.93. The first-order valence-corrected chi connectivity index (χ1v) is 6.93. The second kappa shape index (κ2) is 7.24. The van der Waals surface area contributed by atoms with E-state index in [2.05, 4.69) is 15.2 Å². The second-order valence-corrected chi connectivity index (χ2v) is 5.10. The van der Waals surface area contributed by atoms with Gasteiger partial charge >= 0.3 is 0 Å². The average molecular weight is 279 g/mol. The maximum atomic E-state index is 13.6. The summed E-state index contributed by atoms with van der Waals surface area (Å²) in [6.45, 7) is 3.00. The molecule has 0 spiro atoms. The molecule has 1 aliphatic rings. The van der Waals surface area contributed by atoms with Crippen molar-refractivity contribution in [3.63, 3.8) is 0 Å². The predicted molar refractivity (Wildman–Crippen MR) is 78.2 cm³/mol. The van der Waals surface area contributed by atoms with E-state index in [0.29, 0.717) is 18.0 Å². The Bertz CT molecular complexity index is 458. The van der Waals surface area contributed by atoms with Crippen molar-refractivity contribution in [3.8, 4) is 0 Å². The average Bonchev–Trinajstić information content (AvgIpc) is 2.94. The molecule has 5 heteroatoms. The fourth-order valence-electron chi connectivity index (χ4n) is 2.40. The van der Waals surface area contributed by atoms with Crippen molar-refractivity contribution in [1.29, 1.82) is 0 Å². The van der Waals surface area contributed by atoms with E-state index >= 15 is 0 Å². The summed E-state index contributed by atoms with van der Waals surface area (Å²) < 4.78 is 18.9. The largest absolute Gasteiger partial charge is 0.381 e. The fraction of sp³-hybridized carbons (Fsp3) is 0.533. The predicted octanol–water partition coefficient (Wildman–Crippen LogP) is 1.87. The number of halogens is 1. The van der Waals surface area contributed by atoms with E-state index in [4.69, 9.17) is 4.74 Å². The molecular formula is C15H22FN3O. The maximum absolute atomic E-state index is 13.6. The topological polar surface area (TPSA) is 36.9 Å². The molecule has 1 saturated heterocycles. The number of rotatable bonds is 4. The van der Waals surface area contributed by atoms with Gasteiger partial charge in [0.25, 0.3) is 0 Å². The maximum Gasteiger partial charge on any atom is 0.193 e. The van der Waals surface area contributed by atoms with Gasteiger partial charge < -0.3 is 15.0 Å². The Morgan fingerprint density at radius 1 is 1.50 bits per heavy atom. The van der Waals surface area contributed by atoms with Crippen molar-refractivity contribution in [2.24, 2.45) is 10.9 Å². The van der Waals surface area contributed by atoms with Crippen LogP contribution in [0.15, 0.2) is 29.3 Å². The first kappa shape index (κ1) is 14.8. The minimum absolute atomic E-state index is 0.192. The van der Waals surface area contributed by atoms with E-state index in [1.807, 2.05) is 13.1 Å². The molecule has 0 aromatic heterocycles. The fourth-order valence-corrected chi connectivity index (χ4v) is 2.40. The lowest BCUT2D eigenvalue weighted by molar-refractivity contribution is 0.181. The van der Waals surface area contributed by atoms with E-state index in [1.54, 1.807) is 19.2 Å². The number of ether oxygens (including phenoxy) is 1. The van der Waals surface area contributed by atoms with Gasteiger partial charge in [-0.15, -0.1) is 0 Å². The van der Waals surface area contributed by atoms with Gasteiger partial charge in [-0.3, -0.25) is 4.99 Å². The van der Waals surface area contributed by atoms with Crippen molar-refractivity contribution in [1.82, 2.24) is 10.2 Å². The van der Waals surface area contributed by atoms with Crippen molar-refractivity contribution in [2.75, 3.05) is 33.9 Å². The number of hydrogen-bond donors (Lipinski definition) is 1. The highest BCUT2D eigenvalue weighted by molar-refractivity contribution is 5.79. The Morgan fingerprint density at radius 2 is 2.30 bits per heavy atom. The molecule has 0 aliphatic carbocycles. The molecule has 1 fully saturated rings. The number of aliphatic imine (C=N–C) groups is 1. The van der Waals surface area contributed by atoms with Crippen molar-refractivity contribution < 1.29 is 9.13 Å². The molecule has 0 bridgehead atoms. The van der Waals surface area contributed by atoms with Crippen LogP contribution in [-0.2, 0) is 11.3 Å². The molecule has 1 heterocycles. The highest BCUT2D eigenvalue weighted by Crippen LogP contribution is 2.13. The number of hydrogen-bond acceptors (Lipinski definition) is 2. The van der Waals surface area contributed by atoms with E-state index in [0.717, 1.165) is 32.1 Å². The zero-order valence-corrected chi connectivity index (χ0v) is 12.1. The highest BCUT2D eigenvalue weighted by Gasteiger charge is 2.19. The summed E-state index contributed by atoms with van der Waals surface area (Å²) in [7, 11) is 3.74. The lowest BCUT2D eigenvalue weighted by Gasteiger charge is -2.24. The number of guanidine groups is 1. The van der Waals surface area contributed by atoms with Crippen LogP contribution < -0.4 is 5.32 Å². The van der Waals surface area contributed by atoms with Gasteiger partial charge in [-0.2, -0.15) is 0 Å². The smallest absolute Gasteiger partial charge is 0.193 e. The van der Waals surface area contributed by atoms with Crippen LogP contribution in [0.4, 0.5) is 4.39 Å². The third-order valence-electron chi connectivity index (χ3n) is 3.52. The van der Waals surface area contributed by atoms with Gasteiger partial charge in [0.15, 0.2) is 5.96 Å². The lowest BCUT2D eigenvalue weighted by Crippen LogP contribution is -2.41. The standard InChI is InChI=1S/C15H22FN3O/c1-17-15(19(2)10-12-7-8-20-11-12)18-9-13-5-3-4-6-14(13)16/h3-6,12H,7-11H2,1-2H3,(H,17,18). The van der Waals surface area contributed by atoms with Gasteiger partial charge in [-0.25, -0.2) is 4.39 Å². The van der Waals surface area contributed by atoms with Crippen LogP contribution in [0.5, 0.6) is 0 Å². The molecule has 1 unspecified atom stereocenters. The third kappa shape index (κ3) is 3.93. The van der Waals surface area contributed by atoms with E-state index < -0.39 is 0 Å². The highest BCUT2D eigenvalue weighted by atomic mass is 19.1. The Hall–Kier alpha value is -1.62. The number of nitrogens with zero attached hydrogens (tertiary/aromatic N) is 2. The zero-order chi connectivity index (χ0) is 14.4. The molecule has 1 aromatic carbocycles. The van der Waals surface area contributed by atoms with Crippen LogP contribution in [-0.4, -0.2) is 44.7 Å². The molecular weight excluding hydrogens is 257 g/mol. The summed E-state index contributed by atoms with van der Waals surface area (Å²) in [5.41, 5.74) is 0.645. The van der Waals surface area contributed by atoms with Crippen LogP contribution in [0.25, 0.3) is 0 Å². The molecule has 1 N–H and O–H groups in total. The van der Waals surface area contributed by atoms with Gasteiger partial charge in [-0.05, 0) is 12.5 Å². The lowest BCUT2D eigenvalue weighted by atomic mass is 10.1. The zero-order valence-electron chi connectivity index (χ0n) is 12.1. The summed E-state index contributed by atoms with van der Waals surface area (Å²) in [5.74, 6) is 1.13. The summed E-state index contributed by atoms with van der Waals surface area (Å²) in [6.07, 6.45) is 1.09. The molecule has 0 saturated carbocycles. The molecule has 110 valence electrons. The van der Waals surface area contributed by atoms with Crippen molar-refractivity contribution in [2.45, 2.75) is 13.0 Å². The Balaban J connectivity index is 1.87. The number of nitrogens with one attached hydrogen (secondary N) is 1. The molecule has 1 aliphatic heterocycles. The minimum Gasteiger partial charge on any atom is -0.381 e. The summed E-state index contributed by atoms with van der Waals surface area (Å²) in [4.78, 5) is 6.31. The minimum atomic E-state index is -0.192. The number of benzene rings is 1. The molecule has 2 rings (SSSR count). The Kier molecular flexibility index (Phi) is 5.35. The van der Waals surface area contributed by atoms with Crippen LogP contribution in [0.1, 0.15) is 12.0 Å². The van der Waals surface area contributed by atoms with Crippen LogP contribution in [0, 0.1) is 11.7 Å². The summed E-state index contributed by atoms with van der Waals surface area (Å²) in [6, 6.07) is 6.78. The Labute approximate surface area is 119 Å². The van der Waals surface area contributed by atoms with Gasteiger partial charge in [-0.1, -0.05) is 18.2 Å². The van der Waals surface area contributed by atoms with Gasteiger partial charge in [0.2, 0.25) is 0 Å². The van der Waals surface area contributed by atoms with Crippen LogP contribution in [0.3, 0.4) is 0 Å². The molecule has 0 radical (unpaired) electrons. The normalized spacial score (nSPS) is 19.1. The molecule has 0 amide bonds. The van der Waals surface area contributed by atoms with Gasteiger partial charge in [0.1, 0.15) is 5.82 Å². The SMILES string of the molecule is CN=C(NCc1ccccc1F)N(C)CC1CCOC1. The third-order valence-corrected chi connectivity index (χ3v) is 3.52. The van der Waals surface area contributed by atoms with Gasteiger partial charge in [0, 0.05) is 45.3 Å². The van der Waals surface area contributed by atoms with E-state index in [9.17, 15) is 4.39 Å². The van der Waals surface area contributed by atoms with E-state index in [-0.39, 0.29) is 5.82 Å². The quantitative estimate of drug-likeness (QED) is 0.675. The van der Waals surface area contributed by atoms with Crippen LogP contribution in [0.2, 0.25) is 0 Å². The molecule has 20 heavy (non-hydrogen) atoms. The van der Waals surface area contributed by atoms with Crippen molar-refractivity contribution >= 4 is 5.96 Å². The van der Waals surface area contributed by atoms with E-state index in [1.165, 1.54) is 6.07 Å². The summed E-state index contributed by atoms with van der Waals surface area (Å²) >= 11 is 0. The molecule has 1 aromatic rings.